The summed E-state index contributed by atoms with van der Waals surface area (Å²) < 4.78 is 20.5. The van der Waals surface area contributed by atoms with E-state index in [1.165, 1.54) is 44.9 Å². The largest absolute Gasteiger partial charge is 0.414 e. The molecule has 0 saturated heterocycles. The molecule has 3 fully saturated rings. The zero-order valence-electron chi connectivity index (χ0n) is 24.2. The Bertz CT molecular complexity index is 792. The van der Waals surface area contributed by atoms with Gasteiger partial charge in [0.2, 0.25) is 0 Å². The summed E-state index contributed by atoms with van der Waals surface area (Å²) in [6.45, 7) is 26.3. The van der Waals surface area contributed by atoms with Crippen LogP contribution in [0.1, 0.15) is 58.8 Å². The average molecular weight is 523 g/mol. The van der Waals surface area contributed by atoms with Crippen LogP contribution in [0.5, 0.6) is 0 Å². The van der Waals surface area contributed by atoms with Gasteiger partial charge in [-0.05, 0) is 132 Å². The van der Waals surface area contributed by atoms with Crippen molar-refractivity contribution >= 4 is 25.0 Å². The van der Waals surface area contributed by atoms with Gasteiger partial charge in [0, 0.05) is 6.10 Å². The van der Waals surface area contributed by atoms with Crippen LogP contribution in [0.15, 0.2) is 11.6 Å². The summed E-state index contributed by atoms with van der Waals surface area (Å²) in [5.74, 6) is 2.32. The van der Waals surface area contributed by atoms with E-state index in [4.69, 9.17) is 13.3 Å². The Morgan fingerprint density at radius 3 is 1.97 bits per heavy atom. The van der Waals surface area contributed by atoms with Crippen molar-refractivity contribution in [2.75, 3.05) is 0 Å². The second-order valence-electron chi connectivity index (χ2n) is 15.6. The van der Waals surface area contributed by atoms with Crippen molar-refractivity contribution in [3.8, 4) is 0 Å². The first-order chi connectivity index (χ1) is 15.4. The summed E-state index contributed by atoms with van der Waals surface area (Å²) in [5, 5.41) is 0. The Balaban J connectivity index is 1.60. The molecule has 0 bridgehead atoms. The monoisotopic (exact) mass is 522 g/mol. The lowest BCUT2D eigenvalue weighted by Crippen LogP contribution is -2.53. The normalized spacial score (nSPS) is 43.1. The lowest BCUT2D eigenvalue weighted by atomic mass is 9.48. The lowest BCUT2D eigenvalue weighted by molar-refractivity contribution is -0.0734. The molecular weight excluding hydrogens is 469 g/mol. The Hall–Kier alpha value is 0.271. The van der Waals surface area contributed by atoms with Crippen molar-refractivity contribution in [1.29, 1.82) is 0 Å². The third-order valence-electron chi connectivity index (χ3n) is 9.48. The molecule has 0 aromatic heterocycles. The molecule has 6 heteroatoms. The molecule has 0 amide bonds. The molecule has 0 spiro atoms. The second-order valence-corrected chi connectivity index (χ2v) is 28.9. The van der Waals surface area contributed by atoms with Gasteiger partial charge in [0.25, 0.3) is 0 Å². The predicted molar refractivity (Wildman–Crippen MR) is 152 cm³/mol. The van der Waals surface area contributed by atoms with Gasteiger partial charge in [-0.2, -0.15) is 0 Å². The van der Waals surface area contributed by atoms with Gasteiger partial charge >= 0.3 is 0 Å². The average Bonchev–Trinajstić information content (AvgIpc) is 2.90. The molecule has 34 heavy (non-hydrogen) atoms. The van der Waals surface area contributed by atoms with Crippen LogP contribution in [-0.2, 0) is 13.3 Å². The van der Waals surface area contributed by atoms with Crippen LogP contribution in [0.25, 0.3) is 0 Å². The molecule has 0 aliphatic heterocycles. The van der Waals surface area contributed by atoms with Gasteiger partial charge in [0.15, 0.2) is 25.0 Å². The van der Waals surface area contributed by atoms with Crippen LogP contribution in [0.3, 0.4) is 0 Å². The van der Waals surface area contributed by atoms with Gasteiger partial charge in [-0.25, -0.2) is 0 Å². The molecule has 0 N–H and O–H groups in total. The topological polar surface area (TPSA) is 27.7 Å². The first kappa shape index (κ1) is 27.3. The maximum Gasteiger partial charge on any atom is 0.184 e. The Morgan fingerprint density at radius 2 is 1.38 bits per heavy atom. The first-order valence-electron chi connectivity index (χ1n) is 14.1. The van der Waals surface area contributed by atoms with E-state index < -0.39 is 25.0 Å². The van der Waals surface area contributed by atoms with Crippen LogP contribution in [-0.4, -0.2) is 43.3 Å². The Labute approximate surface area is 214 Å². The van der Waals surface area contributed by atoms with Gasteiger partial charge in [0.1, 0.15) is 0 Å². The predicted octanol–water partition coefficient (Wildman–Crippen LogP) is 8.22. The van der Waals surface area contributed by atoms with Gasteiger partial charge < -0.3 is 13.3 Å². The molecule has 0 aromatic rings. The summed E-state index contributed by atoms with van der Waals surface area (Å²) in [5.41, 5.74) is 2.36. The Kier molecular flexibility index (Phi) is 7.18. The highest BCUT2D eigenvalue weighted by molar-refractivity contribution is 6.70. The van der Waals surface area contributed by atoms with E-state index in [2.05, 4.69) is 78.8 Å². The summed E-state index contributed by atoms with van der Waals surface area (Å²) in [6, 6.07) is 0. The van der Waals surface area contributed by atoms with E-state index in [0.717, 1.165) is 17.8 Å². The smallest absolute Gasteiger partial charge is 0.184 e. The van der Waals surface area contributed by atoms with Crippen molar-refractivity contribution in [1.82, 2.24) is 0 Å². The van der Waals surface area contributed by atoms with Gasteiger partial charge in [-0.1, -0.05) is 25.5 Å². The standard InChI is InChI=1S/C28H54O3Si3/c1-27-16-14-21(29-32(3,4)5)18-20(27)12-13-22-23(27)15-17-28(2)24(22)19-25(30-33(6,7)8)26(28)31-34(9,10)11/h12,21-26H,13-19H2,1-11H3/t21-,22+,23-,24-,25+,26-,27-,28-/m0/s1. The SMILES string of the molecule is C[C@]12CC[C@H]3[C@@H](CC=C4C[C@@H](O[Si](C)(C)C)CC[C@@]43C)[C@@H]1C[C@@H](O[Si](C)(C)C)[C@@H]2O[Si](C)(C)C. The molecule has 0 unspecified atom stereocenters. The van der Waals surface area contributed by atoms with E-state index in [9.17, 15) is 0 Å². The molecule has 3 nitrogen and oxygen atoms in total. The van der Waals surface area contributed by atoms with Crippen molar-refractivity contribution < 1.29 is 13.3 Å². The van der Waals surface area contributed by atoms with E-state index in [1.807, 2.05) is 0 Å². The molecule has 8 atom stereocenters. The molecule has 4 aliphatic carbocycles. The zero-order chi connectivity index (χ0) is 25.3. The van der Waals surface area contributed by atoms with Crippen molar-refractivity contribution in [3.63, 3.8) is 0 Å². The first-order valence-corrected chi connectivity index (χ1v) is 24.4. The maximum atomic E-state index is 7.01. The van der Waals surface area contributed by atoms with E-state index in [0.29, 0.717) is 11.5 Å². The fourth-order valence-corrected chi connectivity index (χ4v) is 11.8. The number of rotatable bonds is 6. The number of allylic oxidation sites excluding steroid dienone is 1. The minimum atomic E-state index is -1.66. The maximum absolute atomic E-state index is 7.01. The number of hydrogen-bond acceptors (Lipinski definition) is 3. The van der Waals surface area contributed by atoms with Gasteiger partial charge in [-0.15, -0.1) is 0 Å². The third-order valence-corrected chi connectivity index (χ3v) is 12.5. The van der Waals surface area contributed by atoms with E-state index >= 15 is 0 Å². The van der Waals surface area contributed by atoms with Gasteiger partial charge in [-0.3, -0.25) is 0 Å². The molecule has 196 valence electrons. The second kappa shape index (κ2) is 8.94. The molecule has 4 aliphatic rings. The molecule has 4 rings (SSSR count). The highest BCUT2D eigenvalue weighted by Gasteiger charge is 2.62. The molecule has 0 heterocycles. The lowest BCUT2D eigenvalue weighted by Gasteiger charge is -2.58. The van der Waals surface area contributed by atoms with E-state index in [-0.39, 0.29) is 17.6 Å². The van der Waals surface area contributed by atoms with Crippen molar-refractivity contribution in [2.24, 2.45) is 28.6 Å². The van der Waals surface area contributed by atoms with Crippen LogP contribution < -0.4 is 0 Å². The quantitative estimate of drug-likeness (QED) is 0.260. The van der Waals surface area contributed by atoms with Gasteiger partial charge in [0.05, 0.1) is 12.2 Å². The summed E-state index contributed by atoms with van der Waals surface area (Å²) in [7, 11) is -4.79. The minimum absolute atomic E-state index is 0.256. The highest BCUT2D eigenvalue weighted by Crippen LogP contribution is 2.66. The zero-order valence-corrected chi connectivity index (χ0v) is 27.2. The molecule has 3 saturated carbocycles. The fourth-order valence-electron chi connectivity index (χ4n) is 8.33. The van der Waals surface area contributed by atoms with Crippen molar-refractivity contribution in [2.45, 2.75) is 136 Å². The van der Waals surface area contributed by atoms with Crippen LogP contribution in [0.2, 0.25) is 58.9 Å². The minimum Gasteiger partial charge on any atom is -0.414 e. The summed E-state index contributed by atoms with van der Waals surface area (Å²) >= 11 is 0. The fraction of sp³-hybridized carbons (Fsp3) is 0.929. The molecular formula is C28H54O3Si3. The Morgan fingerprint density at radius 1 is 0.765 bits per heavy atom. The van der Waals surface area contributed by atoms with Crippen LogP contribution in [0.4, 0.5) is 0 Å². The highest BCUT2D eigenvalue weighted by atomic mass is 28.4. The summed E-state index contributed by atoms with van der Waals surface area (Å²) in [4.78, 5) is 0. The van der Waals surface area contributed by atoms with Crippen molar-refractivity contribution in [3.05, 3.63) is 11.6 Å². The number of fused-ring (bicyclic) bond motifs is 5. The van der Waals surface area contributed by atoms with E-state index in [1.54, 1.807) is 5.57 Å². The molecule has 0 aromatic carbocycles. The van der Waals surface area contributed by atoms with Crippen LogP contribution in [0, 0.1) is 28.6 Å². The summed E-state index contributed by atoms with van der Waals surface area (Å²) in [6.07, 6.45) is 12.5. The molecule has 0 radical (unpaired) electrons. The number of hydrogen-bond donors (Lipinski definition) is 0. The third kappa shape index (κ3) is 5.42. The van der Waals surface area contributed by atoms with Crippen LogP contribution >= 0.6 is 0 Å².